The van der Waals surface area contributed by atoms with Crippen LogP contribution in [-0.4, -0.2) is 32.7 Å². The Bertz CT molecular complexity index is 769. The molecule has 100 valence electrons. The Morgan fingerprint density at radius 2 is 2.05 bits per heavy atom. The molecule has 0 aliphatic carbocycles. The van der Waals surface area contributed by atoms with Crippen LogP contribution in [0.4, 0.5) is 0 Å². The van der Waals surface area contributed by atoms with Gasteiger partial charge in [-0.3, -0.25) is 9.97 Å². The number of fused-ring (bicyclic) bond motifs is 1. The third kappa shape index (κ3) is 2.20. The molecule has 0 fully saturated rings. The maximum atomic E-state index is 11.5. The molecule has 7 heteroatoms. The number of rotatable bonds is 3. The summed E-state index contributed by atoms with van der Waals surface area (Å²) >= 11 is 0. The second-order valence-electron chi connectivity index (χ2n) is 3.90. The maximum Gasteiger partial charge on any atom is 0.379 e. The molecule has 0 radical (unpaired) electrons. The van der Waals surface area contributed by atoms with Crippen LogP contribution in [0.3, 0.4) is 0 Å². The van der Waals surface area contributed by atoms with Crippen LogP contribution in [-0.2, 0) is 4.74 Å². The number of ether oxygens (including phenoxy) is 1. The number of aromatic nitrogens is 4. The number of hydrogen-bond acceptors (Lipinski definition) is 7. The van der Waals surface area contributed by atoms with E-state index in [4.69, 9.17) is 9.26 Å². The van der Waals surface area contributed by atoms with Gasteiger partial charge in [0, 0.05) is 18.0 Å². The van der Waals surface area contributed by atoms with Gasteiger partial charge in [0.25, 0.3) is 11.7 Å². The van der Waals surface area contributed by atoms with E-state index in [-0.39, 0.29) is 18.3 Å². The molecule has 0 N–H and O–H groups in total. The fraction of sp³-hybridized carbons (Fsp3) is 0.154. The summed E-state index contributed by atoms with van der Waals surface area (Å²) in [6.45, 7) is 1.97. The third-order valence-electron chi connectivity index (χ3n) is 2.60. The van der Waals surface area contributed by atoms with E-state index in [2.05, 4.69) is 20.1 Å². The molecular formula is C13H10N4O3. The lowest BCUT2D eigenvalue weighted by molar-refractivity contribution is 0.0508. The summed E-state index contributed by atoms with van der Waals surface area (Å²) in [5.74, 6) is -0.468. The molecule has 7 nitrogen and oxygen atoms in total. The molecule has 3 aromatic rings. The van der Waals surface area contributed by atoms with Gasteiger partial charge in [0.2, 0.25) is 0 Å². The maximum absolute atomic E-state index is 11.5. The summed E-state index contributed by atoms with van der Waals surface area (Å²) in [6, 6.07) is 5.34. The van der Waals surface area contributed by atoms with Crippen molar-refractivity contribution in [2.24, 2.45) is 0 Å². The number of hydrogen-bond donors (Lipinski definition) is 0. The molecule has 1 aromatic carbocycles. The molecule has 2 aromatic heterocycles. The predicted octanol–water partition coefficient (Wildman–Crippen LogP) is 1.86. The first kappa shape index (κ1) is 12.2. The van der Waals surface area contributed by atoms with E-state index in [1.54, 1.807) is 37.5 Å². The zero-order valence-corrected chi connectivity index (χ0v) is 10.6. The molecule has 0 aliphatic rings. The van der Waals surface area contributed by atoms with Crippen LogP contribution in [0.5, 0.6) is 0 Å². The van der Waals surface area contributed by atoms with Gasteiger partial charge in [-0.1, -0.05) is 0 Å². The molecular weight excluding hydrogens is 260 g/mol. The standard InChI is InChI=1S/C13H10N4O3/c1-2-19-13(18)11-16-12(20-17-11)8-3-4-9-10(7-8)15-6-5-14-9/h3-7H,2H2,1H3. The van der Waals surface area contributed by atoms with Crippen molar-refractivity contribution in [2.45, 2.75) is 6.92 Å². The van der Waals surface area contributed by atoms with Crippen molar-refractivity contribution >= 4 is 17.0 Å². The molecule has 20 heavy (non-hydrogen) atoms. The van der Waals surface area contributed by atoms with Gasteiger partial charge in [0.1, 0.15) is 0 Å². The Morgan fingerprint density at radius 3 is 2.85 bits per heavy atom. The average molecular weight is 270 g/mol. The van der Waals surface area contributed by atoms with Crippen LogP contribution in [0.1, 0.15) is 17.5 Å². The summed E-state index contributed by atoms with van der Waals surface area (Å²) < 4.78 is 9.86. The molecule has 2 heterocycles. The van der Waals surface area contributed by atoms with Gasteiger partial charge in [0.15, 0.2) is 0 Å². The molecule has 0 spiro atoms. The Labute approximate surface area is 113 Å². The number of nitrogens with zero attached hydrogens (tertiary/aromatic N) is 4. The molecule has 3 rings (SSSR count). The minimum Gasteiger partial charge on any atom is -0.460 e. The summed E-state index contributed by atoms with van der Waals surface area (Å²) in [5.41, 5.74) is 2.14. The lowest BCUT2D eigenvalue weighted by atomic mass is 10.2. The lowest BCUT2D eigenvalue weighted by Crippen LogP contribution is -2.06. The van der Waals surface area contributed by atoms with Crippen LogP contribution < -0.4 is 0 Å². The summed E-state index contributed by atoms with van der Waals surface area (Å²) in [5, 5.41) is 3.59. The number of carbonyl (C=O) groups is 1. The van der Waals surface area contributed by atoms with Crippen molar-refractivity contribution in [2.75, 3.05) is 6.61 Å². The molecule has 0 amide bonds. The van der Waals surface area contributed by atoms with Crippen LogP contribution in [0.25, 0.3) is 22.5 Å². The highest BCUT2D eigenvalue weighted by Gasteiger charge is 2.16. The normalized spacial score (nSPS) is 10.7. The molecule has 0 atom stereocenters. The van der Waals surface area contributed by atoms with Gasteiger partial charge < -0.3 is 9.26 Å². The van der Waals surface area contributed by atoms with Gasteiger partial charge in [-0.2, -0.15) is 4.98 Å². The van der Waals surface area contributed by atoms with Gasteiger partial charge in [0.05, 0.1) is 17.6 Å². The molecule has 0 bridgehead atoms. The van der Waals surface area contributed by atoms with Crippen LogP contribution in [0, 0.1) is 0 Å². The minimum absolute atomic E-state index is 0.0962. The molecule has 0 saturated heterocycles. The highest BCUT2D eigenvalue weighted by Crippen LogP contribution is 2.20. The summed E-state index contributed by atoms with van der Waals surface area (Å²) in [6.07, 6.45) is 3.22. The van der Waals surface area contributed by atoms with E-state index in [1.165, 1.54) is 0 Å². The highest BCUT2D eigenvalue weighted by atomic mass is 16.5. The van der Waals surface area contributed by atoms with E-state index < -0.39 is 5.97 Å². The molecule has 0 saturated carbocycles. The van der Waals surface area contributed by atoms with E-state index in [0.29, 0.717) is 11.1 Å². The first-order valence-corrected chi connectivity index (χ1v) is 6.00. The van der Waals surface area contributed by atoms with E-state index in [1.807, 2.05) is 0 Å². The van der Waals surface area contributed by atoms with Crippen molar-refractivity contribution in [1.29, 1.82) is 0 Å². The number of carbonyl (C=O) groups excluding carboxylic acids is 1. The quantitative estimate of drug-likeness (QED) is 0.670. The van der Waals surface area contributed by atoms with E-state index in [0.717, 1.165) is 5.52 Å². The van der Waals surface area contributed by atoms with Gasteiger partial charge in [-0.05, 0) is 30.3 Å². The van der Waals surface area contributed by atoms with Crippen LogP contribution in [0.15, 0.2) is 35.1 Å². The van der Waals surface area contributed by atoms with Gasteiger partial charge in [-0.25, -0.2) is 4.79 Å². The lowest BCUT2D eigenvalue weighted by Gasteiger charge is -1.97. The SMILES string of the molecule is CCOC(=O)c1noc(-c2ccc3nccnc3c2)n1. The second-order valence-corrected chi connectivity index (χ2v) is 3.90. The fourth-order valence-electron chi connectivity index (χ4n) is 1.72. The summed E-state index contributed by atoms with van der Waals surface area (Å²) in [4.78, 5) is 23.8. The van der Waals surface area contributed by atoms with Crippen molar-refractivity contribution in [3.8, 4) is 11.5 Å². The third-order valence-corrected chi connectivity index (χ3v) is 2.60. The Kier molecular flexibility index (Phi) is 3.08. The first-order chi connectivity index (χ1) is 9.78. The Balaban J connectivity index is 1.96. The van der Waals surface area contributed by atoms with Gasteiger partial charge >= 0.3 is 5.97 Å². The van der Waals surface area contributed by atoms with Crippen molar-refractivity contribution < 1.29 is 14.1 Å². The van der Waals surface area contributed by atoms with E-state index in [9.17, 15) is 4.79 Å². The van der Waals surface area contributed by atoms with Crippen LogP contribution >= 0.6 is 0 Å². The second kappa shape index (κ2) is 5.04. The molecule has 0 aliphatic heterocycles. The monoisotopic (exact) mass is 270 g/mol. The average Bonchev–Trinajstić information content (AvgIpc) is 2.97. The molecule has 0 unspecified atom stereocenters. The van der Waals surface area contributed by atoms with E-state index >= 15 is 0 Å². The van der Waals surface area contributed by atoms with Crippen LogP contribution in [0.2, 0.25) is 0 Å². The fourth-order valence-corrected chi connectivity index (χ4v) is 1.72. The number of benzene rings is 1. The predicted molar refractivity (Wildman–Crippen MR) is 68.8 cm³/mol. The number of esters is 1. The van der Waals surface area contributed by atoms with Crippen molar-refractivity contribution in [3.05, 3.63) is 36.4 Å². The van der Waals surface area contributed by atoms with Gasteiger partial charge in [-0.15, -0.1) is 0 Å². The van der Waals surface area contributed by atoms with Crippen molar-refractivity contribution in [1.82, 2.24) is 20.1 Å². The van der Waals surface area contributed by atoms with Crippen molar-refractivity contribution in [3.63, 3.8) is 0 Å². The Hall–Kier alpha value is -2.83. The largest absolute Gasteiger partial charge is 0.460 e. The minimum atomic E-state index is -0.608. The topological polar surface area (TPSA) is 91.0 Å². The zero-order chi connectivity index (χ0) is 13.9. The zero-order valence-electron chi connectivity index (χ0n) is 10.6. The smallest absolute Gasteiger partial charge is 0.379 e. The first-order valence-electron chi connectivity index (χ1n) is 6.00. The Morgan fingerprint density at radius 1 is 1.25 bits per heavy atom. The highest BCUT2D eigenvalue weighted by molar-refractivity contribution is 5.85. The summed E-state index contributed by atoms with van der Waals surface area (Å²) in [7, 11) is 0.